The maximum absolute atomic E-state index is 11.0. The number of esters is 1. The number of ether oxygens (including phenoxy) is 1. The first kappa shape index (κ1) is 10.5. The molecule has 0 unspecified atom stereocenters. The molecule has 0 radical (unpaired) electrons. The normalized spacial score (nSPS) is 11.5. The van der Waals surface area contributed by atoms with Gasteiger partial charge in [-0.2, -0.15) is 0 Å². The number of methoxy groups -OCH3 is 1. The molecule has 14 heavy (non-hydrogen) atoms. The third kappa shape index (κ3) is 2.47. The Kier molecular flexibility index (Phi) is 3.48. The predicted octanol–water partition coefficient (Wildman–Crippen LogP) is 1.46. The molecule has 0 aliphatic rings. The van der Waals surface area contributed by atoms with Crippen LogP contribution in [-0.4, -0.2) is 24.8 Å². The van der Waals surface area contributed by atoms with Crippen molar-refractivity contribution >= 4 is 12.0 Å². The van der Waals surface area contributed by atoms with E-state index in [2.05, 4.69) is 4.74 Å². The van der Waals surface area contributed by atoms with Crippen molar-refractivity contribution < 1.29 is 19.1 Å². The summed E-state index contributed by atoms with van der Waals surface area (Å²) in [6.45, 7) is 1.73. The van der Waals surface area contributed by atoms with Gasteiger partial charge in [0.05, 0.1) is 13.7 Å². The third-order valence-corrected chi connectivity index (χ3v) is 1.65. The van der Waals surface area contributed by atoms with E-state index in [0.29, 0.717) is 5.76 Å². The number of aliphatic hydroxyl groups excluding tert-OH is 1. The molecule has 4 heteroatoms. The Morgan fingerprint density at radius 2 is 2.36 bits per heavy atom. The van der Waals surface area contributed by atoms with Crippen molar-refractivity contribution in [2.24, 2.45) is 0 Å². The van der Waals surface area contributed by atoms with Crippen LogP contribution < -0.4 is 0 Å². The molecule has 1 aromatic heterocycles. The maximum atomic E-state index is 11.0. The summed E-state index contributed by atoms with van der Waals surface area (Å²) in [5.74, 6) is 0.174. The highest BCUT2D eigenvalue weighted by Gasteiger charge is 2.09. The second kappa shape index (κ2) is 4.62. The van der Waals surface area contributed by atoms with Gasteiger partial charge in [0.15, 0.2) is 0 Å². The van der Waals surface area contributed by atoms with Crippen LogP contribution in [0.5, 0.6) is 0 Å². The molecule has 0 aromatic carbocycles. The van der Waals surface area contributed by atoms with Gasteiger partial charge in [0.2, 0.25) is 5.76 Å². The van der Waals surface area contributed by atoms with E-state index in [1.807, 2.05) is 0 Å². The lowest BCUT2D eigenvalue weighted by Crippen LogP contribution is -1.98. The van der Waals surface area contributed by atoms with Gasteiger partial charge in [-0.1, -0.05) is 0 Å². The second-order valence-corrected chi connectivity index (χ2v) is 2.84. The van der Waals surface area contributed by atoms with Crippen molar-refractivity contribution in [1.29, 1.82) is 0 Å². The number of hydrogen-bond acceptors (Lipinski definition) is 4. The van der Waals surface area contributed by atoms with Gasteiger partial charge in [-0.15, -0.1) is 0 Å². The summed E-state index contributed by atoms with van der Waals surface area (Å²) < 4.78 is 9.62. The molecular formula is C10H12O4. The molecule has 1 heterocycles. The van der Waals surface area contributed by atoms with Gasteiger partial charge in [-0.3, -0.25) is 0 Å². The fourth-order valence-corrected chi connectivity index (χ4v) is 0.929. The lowest BCUT2D eigenvalue weighted by atomic mass is 10.3. The molecule has 0 saturated carbocycles. The molecule has 0 atom stereocenters. The van der Waals surface area contributed by atoms with Gasteiger partial charge < -0.3 is 14.3 Å². The van der Waals surface area contributed by atoms with Gasteiger partial charge in [0.25, 0.3) is 0 Å². The molecule has 0 bridgehead atoms. The van der Waals surface area contributed by atoms with Crippen LogP contribution in [0.1, 0.15) is 23.2 Å². The van der Waals surface area contributed by atoms with Crippen molar-refractivity contribution in [3.63, 3.8) is 0 Å². The minimum Gasteiger partial charge on any atom is -0.463 e. The zero-order valence-corrected chi connectivity index (χ0v) is 8.11. The van der Waals surface area contributed by atoms with Crippen molar-refractivity contribution in [1.82, 2.24) is 0 Å². The van der Waals surface area contributed by atoms with Crippen molar-refractivity contribution in [3.8, 4) is 0 Å². The van der Waals surface area contributed by atoms with Crippen LogP contribution in [0.25, 0.3) is 6.08 Å². The van der Waals surface area contributed by atoms with Gasteiger partial charge >= 0.3 is 5.97 Å². The fraction of sp³-hybridized carbons (Fsp3) is 0.300. The van der Waals surface area contributed by atoms with Crippen LogP contribution in [0.3, 0.4) is 0 Å². The second-order valence-electron chi connectivity index (χ2n) is 2.84. The maximum Gasteiger partial charge on any atom is 0.373 e. The van der Waals surface area contributed by atoms with Crippen molar-refractivity contribution in [2.75, 3.05) is 13.7 Å². The Morgan fingerprint density at radius 1 is 1.64 bits per heavy atom. The van der Waals surface area contributed by atoms with E-state index < -0.39 is 5.97 Å². The Morgan fingerprint density at radius 3 is 2.93 bits per heavy atom. The lowest BCUT2D eigenvalue weighted by molar-refractivity contribution is 0.0564. The van der Waals surface area contributed by atoms with Gasteiger partial charge in [0.1, 0.15) is 5.76 Å². The summed E-state index contributed by atoms with van der Waals surface area (Å²) in [6, 6.07) is 3.17. The number of carbonyl (C=O) groups excluding carboxylic acids is 1. The Balaban J connectivity index is 2.83. The first-order valence-corrected chi connectivity index (χ1v) is 4.13. The number of rotatable bonds is 3. The van der Waals surface area contributed by atoms with Crippen LogP contribution >= 0.6 is 0 Å². The molecule has 0 aliphatic carbocycles. The van der Waals surface area contributed by atoms with Crippen molar-refractivity contribution in [2.45, 2.75) is 6.92 Å². The quantitative estimate of drug-likeness (QED) is 0.743. The summed E-state index contributed by atoms with van der Waals surface area (Å²) in [7, 11) is 1.29. The first-order valence-electron chi connectivity index (χ1n) is 4.13. The minimum atomic E-state index is -0.508. The largest absolute Gasteiger partial charge is 0.463 e. The average molecular weight is 196 g/mol. The lowest BCUT2D eigenvalue weighted by Gasteiger charge is -1.93. The molecule has 0 saturated heterocycles. The molecule has 0 aliphatic heterocycles. The van der Waals surface area contributed by atoms with E-state index in [0.717, 1.165) is 5.57 Å². The van der Waals surface area contributed by atoms with E-state index in [4.69, 9.17) is 9.52 Å². The van der Waals surface area contributed by atoms with Gasteiger partial charge in [-0.05, 0) is 30.7 Å². The smallest absolute Gasteiger partial charge is 0.373 e. The number of aliphatic hydroxyl groups is 1. The van der Waals surface area contributed by atoms with Crippen LogP contribution in [-0.2, 0) is 4.74 Å². The van der Waals surface area contributed by atoms with E-state index in [-0.39, 0.29) is 12.4 Å². The Labute approximate surface area is 81.8 Å². The Bertz CT molecular complexity index is 349. The highest BCUT2D eigenvalue weighted by Crippen LogP contribution is 2.12. The molecule has 1 N–H and O–H groups in total. The highest BCUT2D eigenvalue weighted by atomic mass is 16.5. The fourth-order valence-electron chi connectivity index (χ4n) is 0.929. The molecular weight excluding hydrogens is 184 g/mol. The predicted molar refractivity (Wildman–Crippen MR) is 50.8 cm³/mol. The van der Waals surface area contributed by atoms with Crippen LogP contribution in [0.4, 0.5) is 0 Å². The summed E-state index contributed by atoms with van der Waals surface area (Å²) in [4.78, 5) is 11.0. The number of furan rings is 1. The first-order chi connectivity index (χ1) is 6.67. The zero-order chi connectivity index (χ0) is 10.6. The highest BCUT2D eigenvalue weighted by molar-refractivity contribution is 5.86. The van der Waals surface area contributed by atoms with Crippen LogP contribution in [0.2, 0.25) is 0 Å². The molecule has 0 fully saturated rings. The molecule has 1 rings (SSSR count). The monoisotopic (exact) mass is 196 g/mol. The molecule has 0 amide bonds. The van der Waals surface area contributed by atoms with E-state index in [1.54, 1.807) is 19.1 Å². The molecule has 1 aromatic rings. The summed E-state index contributed by atoms with van der Waals surface area (Å²) >= 11 is 0. The van der Waals surface area contributed by atoms with Crippen molar-refractivity contribution in [3.05, 3.63) is 29.2 Å². The van der Waals surface area contributed by atoms with Crippen LogP contribution in [0, 0.1) is 0 Å². The van der Waals surface area contributed by atoms with Gasteiger partial charge in [-0.25, -0.2) is 4.79 Å². The number of carbonyl (C=O) groups is 1. The molecule has 76 valence electrons. The standard InChI is InChI=1S/C10H12O4/c1-7(6-11)5-8-3-4-9(14-8)10(12)13-2/h3-5,11H,6H2,1-2H3. The van der Waals surface area contributed by atoms with Gasteiger partial charge in [0, 0.05) is 0 Å². The average Bonchev–Trinajstić information content (AvgIpc) is 2.65. The summed E-state index contributed by atoms with van der Waals surface area (Å²) in [6.07, 6.45) is 1.66. The summed E-state index contributed by atoms with van der Waals surface area (Å²) in [5, 5.41) is 8.76. The SMILES string of the molecule is COC(=O)c1ccc(C=C(C)CO)o1. The molecule has 0 spiro atoms. The number of hydrogen-bond donors (Lipinski definition) is 1. The van der Waals surface area contributed by atoms with E-state index in [9.17, 15) is 4.79 Å². The summed E-state index contributed by atoms with van der Waals surface area (Å²) in [5.41, 5.74) is 0.760. The third-order valence-electron chi connectivity index (χ3n) is 1.65. The topological polar surface area (TPSA) is 59.7 Å². The van der Waals surface area contributed by atoms with Crippen LogP contribution in [0.15, 0.2) is 22.1 Å². The Hall–Kier alpha value is -1.55. The van der Waals surface area contributed by atoms with E-state index >= 15 is 0 Å². The minimum absolute atomic E-state index is 0.0335. The zero-order valence-electron chi connectivity index (χ0n) is 8.11. The molecule has 4 nitrogen and oxygen atoms in total. The van der Waals surface area contributed by atoms with E-state index in [1.165, 1.54) is 13.2 Å².